The van der Waals surface area contributed by atoms with Gasteiger partial charge in [-0.2, -0.15) is 0 Å². The predicted octanol–water partition coefficient (Wildman–Crippen LogP) is 1.97. The molecule has 8 nitrogen and oxygen atoms in total. The number of hydrogen-bond acceptors (Lipinski definition) is 6. The van der Waals surface area contributed by atoms with E-state index in [1.807, 2.05) is 0 Å². The van der Waals surface area contributed by atoms with Crippen molar-refractivity contribution >= 4 is 33.3 Å². The molecule has 0 aliphatic carbocycles. The Morgan fingerprint density at radius 2 is 1.76 bits per heavy atom. The van der Waals surface area contributed by atoms with Crippen LogP contribution >= 0.6 is 11.6 Å². The van der Waals surface area contributed by atoms with Crippen LogP contribution in [0.25, 0.3) is 0 Å². The number of halogens is 1. The van der Waals surface area contributed by atoms with Gasteiger partial charge in [0.15, 0.2) is 0 Å². The fourth-order valence-electron chi connectivity index (χ4n) is 2.48. The molecular weight excluding hydrogens is 420 g/mol. The minimum absolute atomic E-state index is 0.0109. The van der Waals surface area contributed by atoms with E-state index in [4.69, 9.17) is 21.4 Å². The number of methoxy groups -OCH3 is 1. The van der Waals surface area contributed by atoms with Crippen molar-refractivity contribution in [3.63, 3.8) is 0 Å². The molecule has 0 bridgehead atoms. The number of carbonyl (C=O) groups is 1. The molecule has 0 aromatic heterocycles. The van der Waals surface area contributed by atoms with Crippen LogP contribution in [0.2, 0.25) is 5.02 Å². The lowest BCUT2D eigenvalue weighted by Gasteiger charge is -2.27. The lowest BCUT2D eigenvalue weighted by atomic mass is 10.2. The van der Waals surface area contributed by atoms with Gasteiger partial charge in [-0.25, -0.2) is 8.42 Å². The predicted molar refractivity (Wildman–Crippen MR) is 110 cm³/mol. The average molecular weight is 443 g/mol. The smallest absolute Gasteiger partial charge is 0.320 e. The molecule has 0 aliphatic rings. The summed E-state index contributed by atoms with van der Waals surface area (Å²) in [4.78, 5) is 10.9. The molecule has 0 amide bonds. The molecule has 29 heavy (non-hydrogen) atoms. The maximum absolute atomic E-state index is 13.2. The largest absolute Gasteiger partial charge is 0.497 e. The molecule has 0 radical (unpaired) electrons. The minimum atomic E-state index is -4.01. The van der Waals surface area contributed by atoms with Gasteiger partial charge in [-0.05, 0) is 55.5 Å². The Kier molecular flexibility index (Phi) is 7.86. The molecular formula is C19H23ClN2O6S. The summed E-state index contributed by atoms with van der Waals surface area (Å²) in [6.07, 6.45) is -1.15. The molecule has 158 valence electrons. The highest BCUT2D eigenvalue weighted by atomic mass is 35.5. The van der Waals surface area contributed by atoms with Crippen molar-refractivity contribution in [3.8, 4) is 5.75 Å². The van der Waals surface area contributed by atoms with Crippen LogP contribution < -0.4 is 14.4 Å². The summed E-state index contributed by atoms with van der Waals surface area (Å²) in [5, 5.41) is 22.3. The maximum Gasteiger partial charge on any atom is 0.320 e. The number of aliphatic hydroxyl groups is 1. The summed E-state index contributed by atoms with van der Waals surface area (Å²) in [5.74, 6) is -0.520. The highest BCUT2D eigenvalue weighted by Crippen LogP contribution is 2.26. The summed E-state index contributed by atoms with van der Waals surface area (Å²) in [5.41, 5.74) is 0.325. The van der Waals surface area contributed by atoms with Gasteiger partial charge in [0, 0.05) is 11.6 Å². The normalized spacial score (nSPS) is 13.5. The van der Waals surface area contributed by atoms with E-state index in [9.17, 15) is 18.3 Å². The van der Waals surface area contributed by atoms with Crippen molar-refractivity contribution in [2.24, 2.45) is 0 Å². The fourth-order valence-corrected chi connectivity index (χ4v) is 4.11. The average Bonchev–Trinajstić information content (AvgIpc) is 2.70. The SMILES string of the molecule is COc1ccc(N(CC(O)CNC(C)C(=O)O)S(=O)(=O)c2ccc(Cl)cc2)cc1. The van der Waals surface area contributed by atoms with Crippen LogP contribution in [-0.2, 0) is 14.8 Å². The summed E-state index contributed by atoms with van der Waals surface area (Å²) in [6, 6.07) is 11.1. The highest BCUT2D eigenvalue weighted by Gasteiger charge is 2.27. The van der Waals surface area contributed by atoms with Gasteiger partial charge in [0.1, 0.15) is 11.8 Å². The molecule has 0 heterocycles. The molecule has 0 saturated heterocycles. The summed E-state index contributed by atoms with van der Waals surface area (Å²) >= 11 is 5.85. The Hall–Kier alpha value is -2.33. The number of rotatable bonds is 10. The van der Waals surface area contributed by atoms with Crippen LogP contribution in [0.1, 0.15) is 6.92 Å². The number of sulfonamides is 1. The second kappa shape index (κ2) is 9.93. The van der Waals surface area contributed by atoms with E-state index in [0.29, 0.717) is 16.5 Å². The third-order valence-corrected chi connectivity index (χ3v) is 6.23. The molecule has 3 N–H and O–H groups in total. The number of nitrogens with one attached hydrogen (secondary N) is 1. The second-order valence-electron chi connectivity index (χ2n) is 6.31. The number of anilines is 1. The maximum atomic E-state index is 13.2. The highest BCUT2D eigenvalue weighted by molar-refractivity contribution is 7.92. The number of benzene rings is 2. The Morgan fingerprint density at radius 3 is 2.28 bits per heavy atom. The summed E-state index contributed by atoms with van der Waals surface area (Å²) in [6.45, 7) is 1.05. The lowest BCUT2D eigenvalue weighted by molar-refractivity contribution is -0.139. The van der Waals surface area contributed by atoms with Gasteiger partial charge in [0.05, 0.1) is 30.3 Å². The third kappa shape index (κ3) is 6.07. The summed E-state index contributed by atoms with van der Waals surface area (Å²) in [7, 11) is -2.51. The lowest BCUT2D eigenvalue weighted by Crippen LogP contribution is -2.45. The quantitative estimate of drug-likeness (QED) is 0.515. The van der Waals surface area contributed by atoms with E-state index in [2.05, 4.69) is 5.32 Å². The van der Waals surface area contributed by atoms with E-state index in [-0.39, 0.29) is 18.0 Å². The number of carboxylic acids is 1. The van der Waals surface area contributed by atoms with Crippen molar-refractivity contribution < 1.29 is 28.2 Å². The first-order chi connectivity index (χ1) is 13.6. The van der Waals surface area contributed by atoms with E-state index < -0.39 is 28.1 Å². The zero-order chi connectivity index (χ0) is 21.6. The van der Waals surface area contributed by atoms with E-state index in [0.717, 1.165) is 4.31 Å². The number of aliphatic hydroxyl groups excluding tert-OH is 1. The molecule has 2 atom stereocenters. The second-order valence-corrected chi connectivity index (χ2v) is 8.61. The Labute approximate surface area is 174 Å². The molecule has 2 aromatic rings. The zero-order valence-corrected chi connectivity index (χ0v) is 17.5. The van der Waals surface area contributed by atoms with Gasteiger partial charge in [0.25, 0.3) is 10.0 Å². The van der Waals surface area contributed by atoms with Crippen molar-refractivity contribution in [1.29, 1.82) is 0 Å². The van der Waals surface area contributed by atoms with Crippen LogP contribution in [0.15, 0.2) is 53.4 Å². The molecule has 2 unspecified atom stereocenters. The van der Waals surface area contributed by atoms with Gasteiger partial charge in [-0.15, -0.1) is 0 Å². The van der Waals surface area contributed by atoms with Gasteiger partial charge in [0.2, 0.25) is 0 Å². The van der Waals surface area contributed by atoms with E-state index >= 15 is 0 Å². The fraction of sp³-hybridized carbons (Fsp3) is 0.316. The van der Waals surface area contributed by atoms with Crippen molar-refractivity contribution in [3.05, 3.63) is 53.6 Å². The zero-order valence-electron chi connectivity index (χ0n) is 15.9. The number of carboxylic acid groups (broad SMARTS) is 1. The number of nitrogens with zero attached hydrogens (tertiary/aromatic N) is 1. The minimum Gasteiger partial charge on any atom is -0.497 e. The first-order valence-electron chi connectivity index (χ1n) is 8.71. The van der Waals surface area contributed by atoms with Crippen LogP contribution in [0.3, 0.4) is 0 Å². The van der Waals surface area contributed by atoms with Crippen LogP contribution in [0.4, 0.5) is 5.69 Å². The van der Waals surface area contributed by atoms with E-state index in [1.165, 1.54) is 38.3 Å². The topological polar surface area (TPSA) is 116 Å². The van der Waals surface area contributed by atoms with Gasteiger partial charge >= 0.3 is 5.97 Å². The van der Waals surface area contributed by atoms with Crippen LogP contribution in [-0.4, -0.2) is 56.9 Å². The number of hydrogen-bond donors (Lipinski definition) is 3. The van der Waals surface area contributed by atoms with Crippen molar-refractivity contribution in [2.45, 2.75) is 24.0 Å². The molecule has 0 spiro atoms. The molecule has 0 fully saturated rings. The molecule has 0 aliphatic heterocycles. The third-order valence-electron chi connectivity index (χ3n) is 4.17. The van der Waals surface area contributed by atoms with Gasteiger partial charge in [-0.3, -0.25) is 9.10 Å². The summed E-state index contributed by atoms with van der Waals surface area (Å²) < 4.78 is 32.6. The standard InChI is InChI=1S/C19H23ClN2O6S/c1-13(19(24)25)21-11-16(23)12-22(15-5-7-17(28-2)8-6-15)29(26,27)18-9-3-14(20)4-10-18/h3-10,13,16,21,23H,11-12H2,1-2H3,(H,24,25). The Balaban J connectivity index is 2.32. The van der Waals surface area contributed by atoms with Crippen molar-refractivity contribution in [1.82, 2.24) is 5.32 Å². The molecule has 2 rings (SSSR count). The van der Waals surface area contributed by atoms with Gasteiger partial charge < -0.3 is 20.3 Å². The molecule has 0 saturated carbocycles. The monoisotopic (exact) mass is 442 g/mol. The van der Waals surface area contributed by atoms with Crippen LogP contribution in [0.5, 0.6) is 5.75 Å². The van der Waals surface area contributed by atoms with Gasteiger partial charge in [-0.1, -0.05) is 11.6 Å². The molecule has 2 aromatic carbocycles. The van der Waals surface area contributed by atoms with E-state index in [1.54, 1.807) is 24.3 Å². The first kappa shape index (κ1) is 23.0. The molecule has 10 heteroatoms. The Bertz CT molecular complexity index is 919. The van der Waals surface area contributed by atoms with Crippen LogP contribution in [0, 0.1) is 0 Å². The first-order valence-corrected chi connectivity index (χ1v) is 10.5. The van der Waals surface area contributed by atoms with Crippen molar-refractivity contribution in [2.75, 3.05) is 24.5 Å². The number of aliphatic carboxylic acids is 1. The Morgan fingerprint density at radius 1 is 1.17 bits per heavy atom. The number of ether oxygens (including phenoxy) is 1.